The minimum atomic E-state index is -0.720. The van der Waals surface area contributed by atoms with E-state index in [4.69, 9.17) is 14.5 Å². The molecule has 2 aromatic heterocycles. The maximum absolute atomic E-state index is 13.2. The van der Waals surface area contributed by atoms with E-state index in [0.29, 0.717) is 24.5 Å². The third-order valence-electron chi connectivity index (χ3n) is 7.67. The molecule has 6 rings (SSSR count). The molecule has 8 heteroatoms. The van der Waals surface area contributed by atoms with Crippen LogP contribution in [-0.4, -0.2) is 68.5 Å². The fraction of sp³-hybridized carbons (Fsp3) is 0.448. The van der Waals surface area contributed by atoms with Gasteiger partial charge in [0, 0.05) is 66.6 Å². The van der Waals surface area contributed by atoms with Crippen molar-refractivity contribution in [2.45, 2.75) is 26.4 Å². The van der Waals surface area contributed by atoms with Gasteiger partial charge < -0.3 is 24.4 Å². The monoisotopic (exact) mass is 519 g/mol. The summed E-state index contributed by atoms with van der Waals surface area (Å²) < 4.78 is 11.1. The maximum atomic E-state index is 13.2. The molecular weight excluding hydrogens is 486 g/mol. The van der Waals surface area contributed by atoms with Crippen molar-refractivity contribution in [2.75, 3.05) is 62.4 Å². The van der Waals surface area contributed by atoms with Crippen molar-refractivity contribution in [3.05, 3.63) is 53.0 Å². The Morgan fingerprint density at radius 1 is 0.973 bits per heavy atom. The van der Waals surface area contributed by atoms with Crippen molar-refractivity contribution >= 4 is 27.8 Å². The number of Topliss-reactive ketones (excluding diaryl/α,β-unsaturated/α-hetero) is 1. The Morgan fingerprint density at radius 3 is 2.41 bits per heavy atom. The van der Waals surface area contributed by atoms with Crippen molar-refractivity contribution in [1.82, 2.24) is 4.98 Å². The molecule has 1 aromatic carbocycles. The summed E-state index contributed by atoms with van der Waals surface area (Å²) in [6, 6.07) is 12.6. The fourth-order valence-corrected chi connectivity index (χ4v) is 6.92. The summed E-state index contributed by atoms with van der Waals surface area (Å²) in [4.78, 5) is 23.3. The molecule has 4 heterocycles. The zero-order chi connectivity index (χ0) is 25.6. The summed E-state index contributed by atoms with van der Waals surface area (Å²) >= 11 is 1.52. The second-order valence-electron chi connectivity index (χ2n) is 10.7. The molecule has 0 radical (unpaired) electrons. The van der Waals surface area contributed by atoms with Crippen LogP contribution >= 0.6 is 11.3 Å². The molecule has 2 aliphatic heterocycles. The summed E-state index contributed by atoms with van der Waals surface area (Å²) in [5.74, 6) is 0.114. The third kappa shape index (κ3) is 4.56. The van der Waals surface area contributed by atoms with Gasteiger partial charge >= 0.3 is 0 Å². The summed E-state index contributed by atoms with van der Waals surface area (Å²) in [5.41, 5.74) is 5.26. The first kappa shape index (κ1) is 24.6. The Labute approximate surface area is 221 Å². The highest BCUT2D eigenvalue weighted by Gasteiger charge is 2.43. The van der Waals surface area contributed by atoms with Crippen LogP contribution < -0.4 is 9.80 Å². The van der Waals surface area contributed by atoms with Crippen molar-refractivity contribution < 1.29 is 19.4 Å². The Balaban J connectivity index is 1.46. The highest BCUT2D eigenvalue weighted by atomic mass is 32.1. The van der Waals surface area contributed by atoms with Crippen LogP contribution in [0.3, 0.4) is 0 Å². The highest BCUT2D eigenvalue weighted by Crippen LogP contribution is 2.54. The minimum absolute atomic E-state index is 0.114. The van der Waals surface area contributed by atoms with Gasteiger partial charge in [-0.15, -0.1) is 11.3 Å². The predicted octanol–water partition coefficient (Wildman–Crippen LogP) is 4.80. The van der Waals surface area contributed by atoms with E-state index in [0.717, 1.165) is 78.0 Å². The van der Waals surface area contributed by atoms with E-state index in [9.17, 15) is 9.90 Å². The Bertz CT molecular complexity index is 1310. The largest absolute Gasteiger partial charge is 0.388 e. The second kappa shape index (κ2) is 9.83. The fourth-order valence-electron chi connectivity index (χ4n) is 5.58. The molecule has 1 aliphatic carbocycles. The maximum Gasteiger partial charge on any atom is 0.173 e. The molecule has 0 amide bonds. The number of thiophene rings is 1. The average Bonchev–Trinajstić information content (AvgIpc) is 3.34. The smallest absolute Gasteiger partial charge is 0.173 e. The van der Waals surface area contributed by atoms with Gasteiger partial charge in [0.1, 0.15) is 5.00 Å². The lowest BCUT2D eigenvalue weighted by Gasteiger charge is -2.35. The number of ketones is 1. The number of anilines is 2. The zero-order valence-electron chi connectivity index (χ0n) is 21.4. The van der Waals surface area contributed by atoms with E-state index < -0.39 is 11.5 Å². The van der Waals surface area contributed by atoms with Crippen molar-refractivity contribution in [1.29, 1.82) is 0 Å². The van der Waals surface area contributed by atoms with Gasteiger partial charge in [-0.3, -0.25) is 9.78 Å². The van der Waals surface area contributed by atoms with E-state index in [2.05, 4.69) is 40.1 Å². The topological polar surface area (TPSA) is 75.1 Å². The van der Waals surface area contributed by atoms with Gasteiger partial charge in [0.25, 0.3) is 0 Å². The third-order valence-corrected chi connectivity index (χ3v) is 8.98. The molecule has 0 bridgehead atoms. The predicted molar refractivity (Wildman–Crippen MR) is 147 cm³/mol. The first-order chi connectivity index (χ1) is 17.9. The Hall–Kier alpha value is -2.78. The van der Waals surface area contributed by atoms with Crippen LogP contribution in [0.15, 0.2) is 42.6 Å². The van der Waals surface area contributed by atoms with Gasteiger partial charge in [0.2, 0.25) is 0 Å². The number of nitrogens with zero attached hydrogens (tertiary/aromatic N) is 3. The van der Waals surface area contributed by atoms with Gasteiger partial charge in [-0.2, -0.15) is 0 Å². The minimum Gasteiger partial charge on any atom is -0.388 e. The number of aliphatic hydroxyl groups excluding tert-OH is 1. The van der Waals surface area contributed by atoms with E-state index >= 15 is 0 Å². The number of morpholine rings is 2. The number of rotatable bonds is 4. The molecule has 3 aromatic rings. The average molecular weight is 520 g/mol. The number of aromatic nitrogens is 1. The van der Waals surface area contributed by atoms with E-state index in [-0.39, 0.29) is 5.78 Å². The molecule has 1 atom stereocenters. The van der Waals surface area contributed by atoms with Crippen LogP contribution in [0.25, 0.3) is 22.4 Å². The van der Waals surface area contributed by atoms with Crippen molar-refractivity contribution in [3.8, 4) is 22.4 Å². The lowest BCUT2D eigenvalue weighted by molar-refractivity contribution is 0.0330. The molecule has 194 valence electrons. The number of aliphatic hydroxyl groups is 1. The summed E-state index contributed by atoms with van der Waals surface area (Å²) in [7, 11) is 0. The molecule has 0 unspecified atom stereocenters. The molecule has 7 nitrogen and oxygen atoms in total. The summed E-state index contributed by atoms with van der Waals surface area (Å²) in [5, 5.41) is 12.5. The lowest BCUT2D eigenvalue weighted by atomic mass is 9.72. The molecule has 3 aliphatic rings. The number of ether oxygens (including phenoxy) is 2. The number of hydrogen-bond acceptors (Lipinski definition) is 8. The van der Waals surface area contributed by atoms with Crippen molar-refractivity contribution in [2.24, 2.45) is 5.41 Å². The van der Waals surface area contributed by atoms with Crippen LogP contribution in [0.5, 0.6) is 0 Å². The van der Waals surface area contributed by atoms with Gasteiger partial charge in [-0.1, -0.05) is 26.0 Å². The number of benzene rings is 1. The summed E-state index contributed by atoms with van der Waals surface area (Å²) in [6.07, 6.45) is 1.46. The lowest BCUT2D eigenvalue weighted by Crippen LogP contribution is -2.36. The standard InChI is InChI=1S/C29H33N3O4S/c1-29(2)18-23(33)26-25(27(29)34)24(28(37-26)32-10-14-36-15-11-32)20-6-7-30-22(17-20)19-4-3-5-21(16-19)31-8-12-35-13-9-31/h3-7,16-17,27,34H,8-15,18H2,1-2H3/t27-/m1/s1. The SMILES string of the molecule is CC1(C)CC(=O)c2sc(N3CCOCC3)c(-c3ccnc(-c4cccc(N5CCOCC5)c4)c3)c2[C@H]1O. The van der Waals surface area contributed by atoms with Gasteiger partial charge in [0.05, 0.1) is 43.1 Å². The number of fused-ring (bicyclic) bond motifs is 1. The first-order valence-electron chi connectivity index (χ1n) is 13.0. The summed E-state index contributed by atoms with van der Waals surface area (Å²) in [6.45, 7) is 10.0. The molecule has 0 spiro atoms. The van der Waals surface area contributed by atoms with Crippen LogP contribution in [-0.2, 0) is 9.47 Å². The quantitative estimate of drug-likeness (QED) is 0.531. The number of carbonyl (C=O) groups excluding carboxylic acids is 1. The number of hydrogen-bond donors (Lipinski definition) is 1. The van der Waals surface area contributed by atoms with Crippen LogP contribution in [0.2, 0.25) is 0 Å². The van der Waals surface area contributed by atoms with Crippen LogP contribution in [0.4, 0.5) is 10.7 Å². The van der Waals surface area contributed by atoms with Gasteiger partial charge in [0.15, 0.2) is 5.78 Å². The highest BCUT2D eigenvalue weighted by molar-refractivity contribution is 7.19. The van der Waals surface area contributed by atoms with E-state index in [1.807, 2.05) is 26.1 Å². The zero-order valence-corrected chi connectivity index (χ0v) is 22.2. The normalized spacial score (nSPS) is 21.7. The van der Waals surface area contributed by atoms with E-state index in [1.54, 1.807) is 0 Å². The van der Waals surface area contributed by atoms with Crippen LogP contribution in [0.1, 0.15) is 41.6 Å². The molecule has 2 fully saturated rings. The van der Waals surface area contributed by atoms with E-state index in [1.165, 1.54) is 11.3 Å². The molecule has 0 saturated carbocycles. The Morgan fingerprint density at radius 2 is 1.68 bits per heavy atom. The van der Waals surface area contributed by atoms with Gasteiger partial charge in [-0.05, 0) is 29.8 Å². The molecular formula is C29H33N3O4S. The first-order valence-corrected chi connectivity index (χ1v) is 13.8. The molecule has 37 heavy (non-hydrogen) atoms. The van der Waals surface area contributed by atoms with Gasteiger partial charge in [-0.25, -0.2) is 0 Å². The second-order valence-corrected chi connectivity index (χ2v) is 11.7. The number of pyridine rings is 1. The number of carbonyl (C=O) groups is 1. The molecule has 2 saturated heterocycles. The molecule has 1 N–H and O–H groups in total. The Kier molecular flexibility index (Phi) is 6.52. The van der Waals surface area contributed by atoms with Crippen molar-refractivity contribution in [3.63, 3.8) is 0 Å². The van der Waals surface area contributed by atoms with Crippen LogP contribution in [0, 0.1) is 5.41 Å².